The largest absolute Gasteiger partial charge is 0.378 e. The molecular formula is C12H25N3OS. The van der Waals surface area contributed by atoms with Gasteiger partial charge in [-0.05, 0) is 11.7 Å². The van der Waals surface area contributed by atoms with E-state index in [1.807, 2.05) is 11.8 Å². The number of thioether (sulfide) groups is 1. The zero-order chi connectivity index (χ0) is 12.9. The number of hydrogen-bond acceptors (Lipinski definition) is 3. The molecule has 0 aromatic rings. The van der Waals surface area contributed by atoms with Crippen LogP contribution in [0.3, 0.4) is 0 Å². The van der Waals surface area contributed by atoms with Crippen molar-refractivity contribution in [1.82, 2.24) is 4.90 Å². The van der Waals surface area contributed by atoms with Crippen molar-refractivity contribution in [2.45, 2.75) is 26.0 Å². The second-order valence-electron chi connectivity index (χ2n) is 5.39. The molecule has 1 unspecified atom stereocenters. The van der Waals surface area contributed by atoms with Crippen molar-refractivity contribution in [2.24, 2.45) is 16.1 Å². The molecule has 1 rings (SSSR count). The van der Waals surface area contributed by atoms with Gasteiger partial charge in [-0.1, -0.05) is 20.8 Å². The number of hydrogen-bond donors (Lipinski definition) is 1. The van der Waals surface area contributed by atoms with Crippen molar-refractivity contribution in [3.63, 3.8) is 0 Å². The van der Waals surface area contributed by atoms with Gasteiger partial charge in [0, 0.05) is 18.3 Å². The zero-order valence-corrected chi connectivity index (χ0v) is 12.2. The second-order valence-corrected chi connectivity index (χ2v) is 6.43. The van der Waals surface area contributed by atoms with Crippen LogP contribution in [-0.4, -0.2) is 55.2 Å². The molecule has 1 saturated heterocycles. The van der Waals surface area contributed by atoms with Gasteiger partial charge in [0.05, 0.1) is 19.8 Å². The third-order valence-electron chi connectivity index (χ3n) is 3.00. The van der Waals surface area contributed by atoms with Crippen LogP contribution in [0.1, 0.15) is 20.8 Å². The number of nitrogens with zero attached hydrogens (tertiary/aromatic N) is 2. The van der Waals surface area contributed by atoms with E-state index in [1.54, 1.807) is 0 Å². The lowest BCUT2D eigenvalue weighted by Gasteiger charge is -2.30. The van der Waals surface area contributed by atoms with Crippen LogP contribution in [0.2, 0.25) is 0 Å². The van der Waals surface area contributed by atoms with E-state index < -0.39 is 0 Å². The second kappa shape index (κ2) is 6.50. The molecule has 1 aliphatic heterocycles. The molecule has 4 nitrogen and oxygen atoms in total. The van der Waals surface area contributed by atoms with Crippen LogP contribution < -0.4 is 5.73 Å². The Labute approximate surface area is 109 Å². The van der Waals surface area contributed by atoms with Crippen molar-refractivity contribution in [3.8, 4) is 0 Å². The maximum Gasteiger partial charge on any atom is 0.191 e. The minimum atomic E-state index is 0.258. The summed E-state index contributed by atoms with van der Waals surface area (Å²) in [6.07, 6.45) is 2.14. The number of morpholine rings is 1. The molecule has 17 heavy (non-hydrogen) atoms. The summed E-state index contributed by atoms with van der Waals surface area (Å²) < 4.78 is 5.29. The normalized spacial score (nSPS) is 20.5. The average molecular weight is 259 g/mol. The minimum absolute atomic E-state index is 0.258. The van der Waals surface area contributed by atoms with E-state index in [9.17, 15) is 0 Å². The Balaban J connectivity index is 2.50. The summed E-state index contributed by atoms with van der Waals surface area (Å²) in [7, 11) is 0. The highest BCUT2D eigenvalue weighted by Crippen LogP contribution is 2.28. The average Bonchev–Trinajstić information content (AvgIpc) is 2.29. The number of aliphatic imine (C=N–C) groups is 1. The molecule has 0 spiro atoms. The monoisotopic (exact) mass is 259 g/mol. The Morgan fingerprint density at radius 3 is 2.47 bits per heavy atom. The number of guanidine groups is 1. The van der Waals surface area contributed by atoms with Crippen LogP contribution in [0.15, 0.2) is 4.99 Å². The molecule has 0 bridgehead atoms. The predicted molar refractivity (Wildman–Crippen MR) is 75.6 cm³/mol. The molecular weight excluding hydrogens is 234 g/mol. The third-order valence-corrected chi connectivity index (χ3v) is 4.43. The van der Waals surface area contributed by atoms with Gasteiger partial charge in [-0.2, -0.15) is 11.8 Å². The first-order valence-corrected chi connectivity index (χ1v) is 7.39. The molecule has 0 aliphatic carbocycles. The summed E-state index contributed by atoms with van der Waals surface area (Å²) >= 11 is 1.86. The van der Waals surface area contributed by atoms with Gasteiger partial charge in [-0.15, -0.1) is 0 Å². The van der Waals surface area contributed by atoms with E-state index in [4.69, 9.17) is 10.5 Å². The highest BCUT2D eigenvalue weighted by atomic mass is 32.2. The highest BCUT2D eigenvalue weighted by molar-refractivity contribution is 7.99. The minimum Gasteiger partial charge on any atom is -0.378 e. The summed E-state index contributed by atoms with van der Waals surface area (Å²) in [5, 5.41) is 0.502. The molecule has 0 aromatic heterocycles. The summed E-state index contributed by atoms with van der Waals surface area (Å²) in [5.74, 6) is 0.664. The fourth-order valence-corrected chi connectivity index (χ4v) is 2.70. The van der Waals surface area contributed by atoms with Crippen LogP contribution in [-0.2, 0) is 4.74 Å². The van der Waals surface area contributed by atoms with Gasteiger partial charge in [0.2, 0.25) is 0 Å². The molecule has 0 radical (unpaired) electrons. The molecule has 1 fully saturated rings. The standard InChI is InChI=1S/C12H25N3OS/c1-12(2,3)10(17-4)9-14-11(13)15-5-7-16-8-6-15/h10H,5-9H2,1-4H3,(H2,13,14). The van der Waals surface area contributed by atoms with Gasteiger partial charge in [0.25, 0.3) is 0 Å². The molecule has 2 N–H and O–H groups in total. The summed E-state index contributed by atoms with van der Waals surface area (Å²) in [5.41, 5.74) is 6.26. The van der Waals surface area contributed by atoms with Gasteiger partial charge in [-0.3, -0.25) is 4.99 Å². The predicted octanol–water partition coefficient (Wildman–Crippen LogP) is 1.41. The van der Waals surface area contributed by atoms with E-state index in [-0.39, 0.29) is 5.41 Å². The molecule has 5 heteroatoms. The Morgan fingerprint density at radius 1 is 1.41 bits per heavy atom. The number of ether oxygens (including phenoxy) is 1. The Morgan fingerprint density at radius 2 is 2.00 bits per heavy atom. The van der Waals surface area contributed by atoms with Crippen molar-refractivity contribution in [1.29, 1.82) is 0 Å². The van der Waals surface area contributed by atoms with Crippen molar-refractivity contribution in [2.75, 3.05) is 39.1 Å². The van der Waals surface area contributed by atoms with Crippen LogP contribution in [0, 0.1) is 5.41 Å². The van der Waals surface area contributed by atoms with Crippen LogP contribution in [0.4, 0.5) is 0 Å². The van der Waals surface area contributed by atoms with Gasteiger partial charge < -0.3 is 15.4 Å². The maximum absolute atomic E-state index is 6.01. The number of nitrogens with two attached hydrogens (primary N) is 1. The third kappa shape index (κ3) is 4.76. The fraction of sp³-hybridized carbons (Fsp3) is 0.917. The van der Waals surface area contributed by atoms with E-state index >= 15 is 0 Å². The van der Waals surface area contributed by atoms with Gasteiger partial charge in [0.15, 0.2) is 5.96 Å². The summed E-state index contributed by atoms with van der Waals surface area (Å²) in [6.45, 7) is 10.7. The van der Waals surface area contributed by atoms with Crippen molar-refractivity contribution >= 4 is 17.7 Å². The van der Waals surface area contributed by atoms with Gasteiger partial charge >= 0.3 is 0 Å². The number of rotatable bonds is 3. The SMILES string of the molecule is CSC(CN=C(N)N1CCOCC1)C(C)(C)C. The van der Waals surface area contributed by atoms with Crippen molar-refractivity contribution in [3.05, 3.63) is 0 Å². The van der Waals surface area contributed by atoms with Gasteiger partial charge in [-0.25, -0.2) is 0 Å². The topological polar surface area (TPSA) is 50.8 Å². The molecule has 1 aliphatic rings. The highest BCUT2D eigenvalue weighted by Gasteiger charge is 2.23. The van der Waals surface area contributed by atoms with E-state index in [1.165, 1.54) is 0 Å². The Hall–Kier alpha value is -0.420. The summed E-state index contributed by atoms with van der Waals surface area (Å²) in [6, 6.07) is 0. The lowest BCUT2D eigenvalue weighted by atomic mass is 9.92. The molecule has 0 amide bonds. The first-order chi connectivity index (χ1) is 7.95. The van der Waals surface area contributed by atoms with Gasteiger partial charge in [0.1, 0.15) is 0 Å². The summed E-state index contributed by atoms with van der Waals surface area (Å²) in [4.78, 5) is 6.63. The van der Waals surface area contributed by atoms with E-state index in [2.05, 4.69) is 36.9 Å². The molecule has 100 valence electrons. The first kappa shape index (κ1) is 14.6. The Bertz CT molecular complexity index is 257. The lowest BCUT2D eigenvalue weighted by molar-refractivity contribution is 0.0674. The quantitative estimate of drug-likeness (QED) is 0.615. The maximum atomic E-state index is 6.01. The lowest BCUT2D eigenvalue weighted by Crippen LogP contribution is -2.45. The Kier molecular flexibility index (Phi) is 5.59. The van der Waals surface area contributed by atoms with Crippen LogP contribution >= 0.6 is 11.8 Å². The van der Waals surface area contributed by atoms with Crippen LogP contribution in [0.5, 0.6) is 0 Å². The molecule has 1 atom stereocenters. The first-order valence-electron chi connectivity index (χ1n) is 6.10. The van der Waals surface area contributed by atoms with E-state index in [0.29, 0.717) is 11.2 Å². The smallest absolute Gasteiger partial charge is 0.191 e. The molecule has 0 saturated carbocycles. The fourth-order valence-electron chi connectivity index (χ4n) is 1.77. The van der Waals surface area contributed by atoms with Crippen LogP contribution in [0.25, 0.3) is 0 Å². The molecule has 0 aromatic carbocycles. The zero-order valence-electron chi connectivity index (χ0n) is 11.4. The van der Waals surface area contributed by atoms with Crippen molar-refractivity contribution < 1.29 is 4.74 Å². The van der Waals surface area contributed by atoms with E-state index in [0.717, 1.165) is 32.8 Å². The molecule has 1 heterocycles.